The normalized spacial score (nSPS) is 15.9. The summed E-state index contributed by atoms with van der Waals surface area (Å²) in [5.74, 6) is 0.556. The van der Waals surface area contributed by atoms with Gasteiger partial charge in [0.2, 0.25) is 15.9 Å². The van der Waals surface area contributed by atoms with Gasteiger partial charge in [-0.3, -0.25) is 9.69 Å². The van der Waals surface area contributed by atoms with Gasteiger partial charge in [-0.25, -0.2) is 8.42 Å². The van der Waals surface area contributed by atoms with Crippen molar-refractivity contribution in [1.82, 2.24) is 14.1 Å². The monoisotopic (exact) mass is 517 g/mol. The highest BCUT2D eigenvalue weighted by Crippen LogP contribution is 2.37. The van der Waals surface area contributed by atoms with Crippen LogP contribution in [0.2, 0.25) is 0 Å². The van der Waals surface area contributed by atoms with Gasteiger partial charge in [0, 0.05) is 32.2 Å². The predicted octanol–water partition coefficient (Wildman–Crippen LogP) is 3.03. The lowest BCUT2D eigenvalue weighted by atomic mass is 9.80. The number of carbonyl (C=O) groups is 1. The molecule has 9 heteroatoms. The first kappa shape index (κ1) is 28.1. The Morgan fingerprint density at radius 2 is 1.61 bits per heavy atom. The molecule has 198 valence electrons. The number of likely N-dealkylation sites (tertiary alicyclic amines) is 1. The number of piperidine rings is 1. The summed E-state index contributed by atoms with van der Waals surface area (Å²) in [6, 6.07) is 13.9. The van der Waals surface area contributed by atoms with Crippen molar-refractivity contribution in [2.75, 3.05) is 61.1 Å². The van der Waals surface area contributed by atoms with E-state index in [1.165, 1.54) is 16.9 Å². The number of nitrogens with zero attached hydrogens (tertiary/aromatic N) is 3. The number of hydrogen-bond acceptors (Lipinski definition) is 6. The number of methoxy groups -OCH3 is 1. The molecule has 8 nitrogen and oxygen atoms in total. The molecule has 1 saturated heterocycles. The zero-order valence-corrected chi connectivity index (χ0v) is 23.1. The van der Waals surface area contributed by atoms with E-state index in [9.17, 15) is 13.2 Å². The smallest absolute Gasteiger partial charge is 0.248 e. The summed E-state index contributed by atoms with van der Waals surface area (Å²) in [5.41, 5.74) is 2.44. The fraction of sp³-hybridized carbons (Fsp3) is 0.519. The first-order valence-corrected chi connectivity index (χ1v) is 13.7. The van der Waals surface area contributed by atoms with Gasteiger partial charge < -0.3 is 14.4 Å². The zero-order chi connectivity index (χ0) is 26.5. The summed E-state index contributed by atoms with van der Waals surface area (Å²) in [6.07, 6.45) is 1.69. The lowest BCUT2D eigenvalue weighted by Crippen LogP contribution is -2.52. The Labute approximate surface area is 215 Å². The molecule has 3 rings (SSSR count). The Kier molecular flexibility index (Phi) is 9.16. The van der Waals surface area contributed by atoms with Crippen molar-refractivity contribution in [3.05, 3.63) is 59.2 Å². The summed E-state index contributed by atoms with van der Waals surface area (Å²) in [7, 11) is 3.57. The maximum atomic E-state index is 13.1. The van der Waals surface area contributed by atoms with E-state index < -0.39 is 10.0 Å². The van der Waals surface area contributed by atoms with Gasteiger partial charge in [0.1, 0.15) is 12.4 Å². The second-order valence-electron chi connectivity index (χ2n) is 9.64. The standard InChI is InChI=1S/C27H39N3O5S/c1-21-18-24(34-6)19-22(2)26(21)36(32,33)29(5)16-17-35-20-25(31)30-14-12-27(13-15-30,28(3)4)23-10-8-7-9-11-23/h7-11,18-19H,12-17,20H2,1-6H3. The van der Waals surface area contributed by atoms with Crippen molar-refractivity contribution in [1.29, 1.82) is 0 Å². The van der Waals surface area contributed by atoms with Crippen molar-refractivity contribution < 1.29 is 22.7 Å². The molecule has 0 aliphatic carbocycles. The fourth-order valence-electron chi connectivity index (χ4n) is 5.02. The van der Waals surface area contributed by atoms with Crippen molar-refractivity contribution >= 4 is 15.9 Å². The molecule has 1 aliphatic heterocycles. The number of rotatable bonds is 10. The van der Waals surface area contributed by atoms with Crippen LogP contribution in [0.3, 0.4) is 0 Å². The number of aryl methyl sites for hydroxylation is 2. The molecule has 2 aromatic carbocycles. The number of hydrogen-bond donors (Lipinski definition) is 0. The predicted molar refractivity (Wildman–Crippen MR) is 141 cm³/mol. The van der Waals surface area contributed by atoms with Gasteiger partial charge in [0.25, 0.3) is 0 Å². The van der Waals surface area contributed by atoms with Crippen LogP contribution in [0.15, 0.2) is 47.4 Å². The number of carbonyl (C=O) groups excluding carboxylic acids is 1. The van der Waals surface area contributed by atoms with Crippen LogP contribution >= 0.6 is 0 Å². The van der Waals surface area contributed by atoms with Gasteiger partial charge in [0.15, 0.2) is 0 Å². The maximum absolute atomic E-state index is 13.1. The molecule has 0 unspecified atom stereocenters. The van der Waals surface area contributed by atoms with E-state index in [4.69, 9.17) is 9.47 Å². The van der Waals surface area contributed by atoms with Crippen LogP contribution < -0.4 is 4.74 Å². The quantitative estimate of drug-likeness (QED) is 0.451. The molecule has 0 saturated carbocycles. The SMILES string of the molecule is COc1cc(C)c(S(=O)(=O)N(C)CCOCC(=O)N2CCC(c3ccccc3)(N(C)C)CC2)c(C)c1. The van der Waals surface area contributed by atoms with Crippen LogP contribution in [-0.4, -0.2) is 89.5 Å². The summed E-state index contributed by atoms with van der Waals surface area (Å²) in [4.78, 5) is 17.1. The molecule has 0 atom stereocenters. The summed E-state index contributed by atoms with van der Waals surface area (Å²) >= 11 is 0. The molecular formula is C27H39N3O5S. The third kappa shape index (κ3) is 5.91. The fourth-order valence-corrected chi connectivity index (χ4v) is 6.58. The first-order valence-electron chi connectivity index (χ1n) is 12.2. The summed E-state index contributed by atoms with van der Waals surface area (Å²) in [5, 5.41) is 0. The third-order valence-corrected chi connectivity index (χ3v) is 9.39. The van der Waals surface area contributed by atoms with Crippen molar-refractivity contribution in [2.45, 2.75) is 37.1 Å². The highest BCUT2D eigenvalue weighted by molar-refractivity contribution is 7.89. The van der Waals surface area contributed by atoms with Crippen LogP contribution in [0, 0.1) is 13.8 Å². The van der Waals surface area contributed by atoms with Gasteiger partial charge in [0.05, 0.1) is 18.6 Å². The zero-order valence-electron chi connectivity index (χ0n) is 22.3. The van der Waals surface area contributed by atoms with Crippen molar-refractivity contribution in [3.8, 4) is 5.75 Å². The number of ether oxygens (including phenoxy) is 2. The first-order chi connectivity index (χ1) is 17.0. The molecule has 1 aliphatic rings. The van der Waals surface area contributed by atoms with Gasteiger partial charge in [-0.05, 0) is 69.6 Å². The second kappa shape index (κ2) is 11.7. The molecule has 1 fully saturated rings. The molecule has 0 spiro atoms. The van der Waals surface area contributed by atoms with Crippen LogP contribution in [0.4, 0.5) is 0 Å². The van der Waals surface area contributed by atoms with Gasteiger partial charge in [-0.1, -0.05) is 30.3 Å². The molecule has 0 N–H and O–H groups in total. The largest absolute Gasteiger partial charge is 0.497 e. The van der Waals surface area contributed by atoms with E-state index in [0.29, 0.717) is 30.0 Å². The second-order valence-corrected chi connectivity index (χ2v) is 11.6. The maximum Gasteiger partial charge on any atom is 0.248 e. The molecular weight excluding hydrogens is 478 g/mol. The Morgan fingerprint density at radius 3 is 2.14 bits per heavy atom. The van der Waals surface area contributed by atoms with E-state index in [1.807, 2.05) is 11.0 Å². The lowest BCUT2D eigenvalue weighted by molar-refractivity contribution is -0.138. The molecule has 2 aromatic rings. The van der Waals surface area contributed by atoms with Crippen LogP contribution in [0.1, 0.15) is 29.5 Å². The Balaban J connectivity index is 1.51. The summed E-state index contributed by atoms with van der Waals surface area (Å²) < 4.78 is 38.4. The van der Waals surface area contributed by atoms with Crippen molar-refractivity contribution in [3.63, 3.8) is 0 Å². The molecule has 1 amide bonds. The number of likely N-dealkylation sites (N-methyl/N-ethyl adjacent to an activating group) is 1. The van der Waals surface area contributed by atoms with Crippen LogP contribution in [0.25, 0.3) is 0 Å². The average molecular weight is 518 g/mol. The van der Waals surface area contributed by atoms with Crippen molar-refractivity contribution in [2.24, 2.45) is 0 Å². The number of amides is 1. The van der Waals surface area contributed by atoms with Crippen LogP contribution in [-0.2, 0) is 25.1 Å². The highest BCUT2D eigenvalue weighted by Gasteiger charge is 2.39. The Bertz CT molecular complexity index is 1120. The highest BCUT2D eigenvalue weighted by atomic mass is 32.2. The van der Waals surface area contributed by atoms with E-state index in [2.05, 4.69) is 43.3 Å². The van der Waals surface area contributed by atoms with Crippen LogP contribution in [0.5, 0.6) is 5.75 Å². The molecule has 0 radical (unpaired) electrons. The summed E-state index contributed by atoms with van der Waals surface area (Å²) in [6.45, 7) is 5.04. The van der Waals surface area contributed by atoms with E-state index >= 15 is 0 Å². The van der Waals surface area contributed by atoms with E-state index in [1.54, 1.807) is 33.1 Å². The number of benzene rings is 2. The van der Waals surface area contributed by atoms with E-state index in [0.717, 1.165) is 12.8 Å². The lowest BCUT2D eigenvalue weighted by Gasteiger charge is -2.46. The van der Waals surface area contributed by atoms with Gasteiger partial charge in [-0.15, -0.1) is 0 Å². The molecule has 0 bridgehead atoms. The molecule has 36 heavy (non-hydrogen) atoms. The van der Waals surface area contributed by atoms with Gasteiger partial charge >= 0.3 is 0 Å². The molecule has 0 aromatic heterocycles. The third-order valence-electron chi connectivity index (χ3n) is 7.22. The Hall–Kier alpha value is -2.46. The van der Waals surface area contributed by atoms with Gasteiger partial charge in [-0.2, -0.15) is 4.31 Å². The minimum absolute atomic E-state index is 0.0607. The minimum Gasteiger partial charge on any atom is -0.497 e. The van der Waals surface area contributed by atoms with E-state index in [-0.39, 0.29) is 36.1 Å². The minimum atomic E-state index is -3.70. The molecule has 1 heterocycles. The average Bonchev–Trinajstić information content (AvgIpc) is 2.86. The number of sulfonamides is 1. The topological polar surface area (TPSA) is 79.4 Å². The Morgan fingerprint density at radius 1 is 1.03 bits per heavy atom.